The summed E-state index contributed by atoms with van der Waals surface area (Å²) >= 11 is 0. The van der Waals surface area contributed by atoms with E-state index in [2.05, 4.69) is 15.6 Å². The van der Waals surface area contributed by atoms with Crippen LogP contribution in [0.25, 0.3) is 11.1 Å². The molecule has 1 amide bonds. The summed E-state index contributed by atoms with van der Waals surface area (Å²) in [6, 6.07) is 8.22. The Morgan fingerprint density at radius 3 is 2.38 bits per heavy atom. The minimum Gasteiger partial charge on any atom is -0.342 e. The Morgan fingerprint density at radius 2 is 1.86 bits per heavy atom. The molecular formula is C21H23F3N4O. The molecule has 0 radical (unpaired) electrons. The average molecular weight is 404 g/mol. The highest BCUT2D eigenvalue weighted by molar-refractivity contribution is 5.82. The molecule has 0 aliphatic rings. The standard InChI is InChI=1S/C21H23F3N4O/c1-14(2)12-18(20(29)27-11-9-25)28-19(21(22,23)24)16-7-5-15(6-8-16)17-4-3-10-26-13-17/h3-8,10,13-14,18-19,28H,11-12H2,1-2H3,(H,27,29)/t18-,19-/m0/s1. The number of halogens is 3. The molecule has 2 rings (SSSR count). The number of benzene rings is 1. The van der Waals surface area contributed by atoms with Crippen molar-refractivity contribution >= 4 is 5.91 Å². The van der Waals surface area contributed by atoms with Crippen LogP contribution in [0.4, 0.5) is 13.2 Å². The molecule has 0 aliphatic carbocycles. The molecule has 29 heavy (non-hydrogen) atoms. The van der Waals surface area contributed by atoms with Crippen LogP contribution in [0.15, 0.2) is 48.8 Å². The molecule has 5 nitrogen and oxygen atoms in total. The van der Waals surface area contributed by atoms with Crippen LogP contribution < -0.4 is 10.6 Å². The highest BCUT2D eigenvalue weighted by atomic mass is 19.4. The number of pyridine rings is 1. The number of nitriles is 1. The smallest absolute Gasteiger partial charge is 0.342 e. The zero-order chi connectivity index (χ0) is 21.4. The van der Waals surface area contributed by atoms with Crippen molar-refractivity contribution in [1.82, 2.24) is 15.6 Å². The van der Waals surface area contributed by atoms with Crippen LogP contribution in [0.1, 0.15) is 31.9 Å². The zero-order valence-electron chi connectivity index (χ0n) is 16.2. The first kappa shape index (κ1) is 22.4. The number of hydrogen-bond acceptors (Lipinski definition) is 4. The number of nitrogens with zero attached hydrogens (tertiary/aromatic N) is 2. The molecule has 8 heteroatoms. The lowest BCUT2D eigenvalue weighted by atomic mass is 9.98. The topological polar surface area (TPSA) is 77.8 Å². The van der Waals surface area contributed by atoms with Crippen molar-refractivity contribution in [2.24, 2.45) is 5.92 Å². The molecule has 1 aromatic carbocycles. The number of alkyl halides is 3. The van der Waals surface area contributed by atoms with E-state index in [4.69, 9.17) is 5.26 Å². The fourth-order valence-corrected chi connectivity index (χ4v) is 2.95. The van der Waals surface area contributed by atoms with E-state index in [-0.39, 0.29) is 24.4 Å². The van der Waals surface area contributed by atoms with E-state index >= 15 is 0 Å². The molecule has 0 bridgehead atoms. The largest absolute Gasteiger partial charge is 0.407 e. The number of carbonyl (C=O) groups is 1. The third-order valence-electron chi connectivity index (χ3n) is 4.30. The summed E-state index contributed by atoms with van der Waals surface area (Å²) in [5.41, 5.74) is 1.55. The predicted molar refractivity (Wildman–Crippen MR) is 103 cm³/mol. The van der Waals surface area contributed by atoms with Crippen molar-refractivity contribution in [3.63, 3.8) is 0 Å². The monoisotopic (exact) mass is 404 g/mol. The first-order valence-electron chi connectivity index (χ1n) is 9.20. The van der Waals surface area contributed by atoms with Gasteiger partial charge < -0.3 is 5.32 Å². The summed E-state index contributed by atoms with van der Waals surface area (Å²) in [6.07, 6.45) is -1.14. The molecule has 1 aromatic heterocycles. The van der Waals surface area contributed by atoms with E-state index < -0.39 is 24.2 Å². The summed E-state index contributed by atoms with van der Waals surface area (Å²) in [7, 11) is 0. The predicted octanol–water partition coefficient (Wildman–Crippen LogP) is 4.00. The van der Waals surface area contributed by atoms with E-state index in [9.17, 15) is 18.0 Å². The van der Waals surface area contributed by atoms with Gasteiger partial charge in [0.2, 0.25) is 5.91 Å². The van der Waals surface area contributed by atoms with Gasteiger partial charge >= 0.3 is 6.18 Å². The molecular weight excluding hydrogens is 381 g/mol. The SMILES string of the molecule is CC(C)C[C@H](N[C@@H](c1ccc(-c2cccnc2)cc1)C(F)(F)F)C(=O)NCC#N. The molecule has 0 aliphatic heterocycles. The van der Waals surface area contributed by atoms with E-state index in [1.165, 1.54) is 12.1 Å². The number of aromatic nitrogens is 1. The van der Waals surface area contributed by atoms with Gasteiger partial charge in [-0.15, -0.1) is 0 Å². The Hall–Kier alpha value is -2.92. The molecule has 0 saturated heterocycles. The van der Waals surface area contributed by atoms with Gasteiger partial charge in [0.05, 0.1) is 12.1 Å². The van der Waals surface area contributed by atoms with Crippen LogP contribution in [0.5, 0.6) is 0 Å². The van der Waals surface area contributed by atoms with Gasteiger partial charge in [0.25, 0.3) is 0 Å². The van der Waals surface area contributed by atoms with E-state index in [1.807, 2.05) is 19.9 Å². The third kappa shape index (κ3) is 6.57. The van der Waals surface area contributed by atoms with Gasteiger partial charge in [-0.25, -0.2) is 0 Å². The van der Waals surface area contributed by atoms with Gasteiger partial charge in [0.15, 0.2) is 0 Å². The summed E-state index contributed by atoms with van der Waals surface area (Å²) in [5, 5.41) is 13.4. The maximum Gasteiger partial charge on any atom is 0.407 e. The quantitative estimate of drug-likeness (QED) is 0.652. The maximum atomic E-state index is 13.8. The van der Waals surface area contributed by atoms with Gasteiger partial charge in [-0.3, -0.25) is 15.1 Å². The Kier molecular flexibility index (Phi) is 7.74. The van der Waals surface area contributed by atoms with Crippen molar-refractivity contribution < 1.29 is 18.0 Å². The Bertz CT molecular complexity index is 830. The van der Waals surface area contributed by atoms with Crippen LogP contribution in [0, 0.1) is 17.2 Å². The van der Waals surface area contributed by atoms with Gasteiger partial charge in [0.1, 0.15) is 12.6 Å². The first-order valence-corrected chi connectivity index (χ1v) is 9.20. The summed E-state index contributed by atoms with van der Waals surface area (Å²) < 4.78 is 41.4. The van der Waals surface area contributed by atoms with Crippen molar-refractivity contribution in [2.75, 3.05) is 6.54 Å². The van der Waals surface area contributed by atoms with Gasteiger partial charge in [-0.1, -0.05) is 44.2 Å². The Balaban J connectivity index is 2.28. The minimum absolute atomic E-state index is 0.00646. The second kappa shape index (κ2) is 10.0. The second-order valence-corrected chi connectivity index (χ2v) is 7.06. The minimum atomic E-state index is -4.60. The molecule has 1 heterocycles. The Labute approximate surface area is 168 Å². The summed E-state index contributed by atoms with van der Waals surface area (Å²) in [4.78, 5) is 16.3. The van der Waals surface area contributed by atoms with E-state index in [1.54, 1.807) is 36.7 Å². The lowest BCUT2D eigenvalue weighted by Crippen LogP contribution is -2.49. The molecule has 0 saturated carbocycles. The highest BCUT2D eigenvalue weighted by Crippen LogP contribution is 2.34. The molecule has 2 atom stereocenters. The zero-order valence-corrected chi connectivity index (χ0v) is 16.2. The second-order valence-electron chi connectivity index (χ2n) is 7.06. The number of rotatable bonds is 8. The maximum absolute atomic E-state index is 13.8. The van der Waals surface area contributed by atoms with E-state index in [0.717, 1.165) is 11.1 Å². The van der Waals surface area contributed by atoms with Crippen LogP contribution in [0.2, 0.25) is 0 Å². The highest BCUT2D eigenvalue weighted by Gasteiger charge is 2.42. The van der Waals surface area contributed by atoms with Crippen LogP contribution in [-0.4, -0.2) is 29.7 Å². The Morgan fingerprint density at radius 1 is 1.17 bits per heavy atom. The molecule has 154 valence electrons. The normalized spacial score (nSPS) is 13.6. The van der Waals surface area contributed by atoms with Gasteiger partial charge in [-0.05, 0) is 35.1 Å². The number of nitrogens with one attached hydrogen (secondary N) is 2. The fraction of sp³-hybridized carbons (Fsp3) is 0.381. The van der Waals surface area contributed by atoms with Gasteiger partial charge in [-0.2, -0.15) is 18.4 Å². The lowest BCUT2D eigenvalue weighted by molar-refractivity contribution is -0.161. The van der Waals surface area contributed by atoms with Crippen molar-refractivity contribution in [1.29, 1.82) is 5.26 Å². The van der Waals surface area contributed by atoms with Crippen molar-refractivity contribution in [3.8, 4) is 17.2 Å². The third-order valence-corrected chi connectivity index (χ3v) is 4.30. The first-order chi connectivity index (χ1) is 13.7. The van der Waals surface area contributed by atoms with Crippen LogP contribution in [-0.2, 0) is 4.79 Å². The van der Waals surface area contributed by atoms with Crippen LogP contribution >= 0.6 is 0 Å². The molecule has 0 spiro atoms. The van der Waals surface area contributed by atoms with Crippen LogP contribution in [0.3, 0.4) is 0 Å². The summed E-state index contributed by atoms with van der Waals surface area (Å²) in [5.74, 6) is -0.636. The molecule has 0 unspecified atom stereocenters. The molecule has 0 fully saturated rings. The van der Waals surface area contributed by atoms with Crippen molar-refractivity contribution in [3.05, 3.63) is 54.4 Å². The van der Waals surface area contributed by atoms with Crippen molar-refractivity contribution in [2.45, 2.75) is 38.5 Å². The number of hydrogen-bond donors (Lipinski definition) is 2. The average Bonchev–Trinajstić information content (AvgIpc) is 2.69. The fourth-order valence-electron chi connectivity index (χ4n) is 2.95. The number of amides is 1. The summed E-state index contributed by atoms with van der Waals surface area (Å²) in [6.45, 7) is 3.38. The molecule has 2 aromatic rings. The van der Waals surface area contributed by atoms with Gasteiger partial charge in [0, 0.05) is 12.4 Å². The lowest BCUT2D eigenvalue weighted by Gasteiger charge is -2.28. The molecule has 2 N–H and O–H groups in total. The number of carbonyl (C=O) groups excluding carboxylic acids is 1. The van der Waals surface area contributed by atoms with E-state index in [0.29, 0.717) is 0 Å².